The Labute approximate surface area is 171 Å². The van der Waals surface area contributed by atoms with Crippen molar-refractivity contribution in [3.05, 3.63) is 47.8 Å². The highest BCUT2D eigenvalue weighted by Gasteiger charge is 2.24. The van der Waals surface area contributed by atoms with E-state index < -0.39 is 0 Å². The van der Waals surface area contributed by atoms with E-state index >= 15 is 0 Å². The van der Waals surface area contributed by atoms with E-state index in [-0.39, 0.29) is 5.91 Å². The Kier molecular flexibility index (Phi) is 5.85. The van der Waals surface area contributed by atoms with Gasteiger partial charge >= 0.3 is 0 Å². The third-order valence-electron chi connectivity index (χ3n) is 5.51. The molecule has 7 heteroatoms. The molecule has 1 fully saturated rings. The van der Waals surface area contributed by atoms with E-state index in [2.05, 4.69) is 35.1 Å². The number of hydrogen-bond acceptors (Lipinski definition) is 6. The minimum atomic E-state index is 0.000492. The van der Waals surface area contributed by atoms with Gasteiger partial charge in [0.2, 0.25) is 6.79 Å². The second-order valence-electron chi connectivity index (χ2n) is 7.64. The summed E-state index contributed by atoms with van der Waals surface area (Å²) in [6.07, 6.45) is 2.73. The summed E-state index contributed by atoms with van der Waals surface area (Å²) >= 11 is 0. The van der Waals surface area contributed by atoms with Crippen molar-refractivity contribution >= 4 is 11.6 Å². The van der Waals surface area contributed by atoms with Crippen LogP contribution in [0.1, 0.15) is 36.3 Å². The molecule has 1 unspecified atom stereocenters. The maximum absolute atomic E-state index is 12.9. The molecule has 7 nitrogen and oxygen atoms in total. The number of ether oxygens (including phenoxy) is 2. The molecule has 2 aliphatic rings. The number of fused-ring (bicyclic) bond motifs is 1. The highest BCUT2D eigenvalue weighted by molar-refractivity contribution is 5.93. The predicted molar refractivity (Wildman–Crippen MR) is 111 cm³/mol. The minimum Gasteiger partial charge on any atom is -0.454 e. The molecule has 3 heterocycles. The van der Waals surface area contributed by atoms with Crippen LogP contribution in [-0.2, 0) is 6.54 Å². The average Bonchev–Trinajstić information content (AvgIpc) is 3.22. The molecule has 154 valence electrons. The zero-order valence-corrected chi connectivity index (χ0v) is 17.1. The Morgan fingerprint density at radius 3 is 2.72 bits per heavy atom. The van der Waals surface area contributed by atoms with E-state index in [1.165, 1.54) is 5.56 Å². The Morgan fingerprint density at radius 2 is 1.93 bits per heavy atom. The van der Waals surface area contributed by atoms with Gasteiger partial charge in [-0.15, -0.1) is 0 Å². The van der Waals surface area contributed by atoms with Gasteiger partial charge in [-0.2, -0.15) is 0 Å². The normalized spacial score (nSPS) is 17.2. The summed E-state index contributed by atoms with van der Waals surface area (Å²) < 4.78 is 10.8. The molecule has 4 rings (SSSR count). The van der Waals surface area contributed by atoms with Crippen molar-refractivity contribution in [1.82, 2.24) is 14.8 Å². The third-order valence-corrected chi connectivity index (χ3v) is 5.51. The van der Waals surface area contributed by atoms with Crippen molar-refractivity contribution in [2.45, 2.75) is 32.9 Å². The summed E-state index contributed by atoms with van der Waals surface area (Å²) in [5.41, 5.74) is 2.64. The first kappa shape index (κ1) is 19.5. The largest absolute Gasteiger partial charge is 0.454 e. The first-order valence-electron chi connectivity index (χ1n) is 10.2. The van der Waals surface area contributed by atoms with Gasteiger partial charge in [0.1, 0.15) is 5.69 Å². The van der Waals surface area contributed by atoms with Gasteiger partial charge in [0, 0.05) is 50.6 Å². The van der Waals surface area contributed by atoms with Crippen molar-refractivity contribution < 1.29 is 14.3 Å². The van der Waals surface area contributed by atoms with Crippen LogP contribution in [0.5, 0.6) is 11.5 Å². The van der Waals surface area contributed by atoms with Crippen molar-refractivity contribution in [3.8, 4) is 11.5 Å². The number of aromatic nitrogens is 1. The molecule has 0 bridgehead atoms. The molecule has 1 aromatic carbocycles. The maximum atomic E-state index is 12.9. The Morgan fingerprint density at radius 1 is 1.14 bits per heavy atom. The molecule has 1 amide bonds. The molecule has 2 aromatic rings. The van der Waals surface area contributed by atoms with E-state index in [0.717, 1.165) is 43.2 Å². The van der Waals surface area contributed by atoms with Crippen molar-refractivity contribution in [2.75, 3.05) is 38.3 Å². The quantitative estimate of drug-likeness (QED) is 0.810. The number of amides is 1. The molecule has 29 heavy (non-hydrogen) atoms. The van der Waals surface area contributed by atoms with Crippen LogP contribution in [-0.4, -0.2) is 59.7 Å². The van der Waals surface area contributed by atoms with E-state index in [1.54, 1.807) is 6.20 Å². The van der Waals surface area contributed by atoms with E-state index in [9.17, 15) is 4.79 Å². The molecule has 1 atom stereocenters. The van der Waals surface area contributed by atoms with Gasteiger partial charge in [0.15, 0.2) is 11.5 Å². The number of piperazine rings is 1. The van der Waals surface area contributed by atoms with Gasteiger partial charge in [-0.1, -0.05) is 13.0 Å². The van der Waals surface area contributed by atoms with Crippen molar-refractivity contribution in [2.24, 2.45) is 0 Å². The summed E-state index contributed by atoms with van der Waals surface area (Å²) in [6, 6.07) is 10.2. The lowest BCUT2D eigenvalue weighted by atomic mass is 10.1. The predicted octanol–water partition coefficient (Wildman–Crippen LogP) is 2.98. The standard InChI is InChI=1S/C22H28N4O3/c1-3-16(2)24-18-6-7-23-19(13-18)22(27)26-10-8-25(9-11-26)14-17-4-5-20-21(12-17)29-15-28-20/h4-7,12-13,16H,3,8-11,14-15H2,1-2H3,(H,23,24). The molecule has 1 saturated heterocycles. The maximum Gasteiger partial charge on any atom is 0.272 e. The summed E-state index contributed by atoms with van der Waals surface area (Å²) in [7, 11) is 0. The zero-order chi connectivity index (χ0) is 20.2. The lowest BCUT2D eigenvalue weighted by Crippen LogP contribution is -2.48. The van der Waals surface area contributed by atoms with Gasteiger partial charge in [0.25, 0.3) is 5.91 Å². The molecular weight excluding hydrogens is 368 g/mol. The second-order valence-corrected chi connectivity index (χ2v) is 7.64. The number of nitrogens with zero attached hydrogens (tertiary/aromatic N) is 3. The first-order valence-corrected chi connectivity index (χ1v) is 10.2. The fourth-order valence-corrected chi connectivity index (χ4v) is 3.59. The first-order chi connectivity index (χ1) is 14.1. The zero-order valence-electron chi connectivity index (χ0n) is 17.1. The highest BCUT2D eigenvalue weighted by Crippen LogP contribution is 2.32. The topological polar surface area (TPSA) is 66.9 Å². The molecule has 1 N–H and O–H groups in total. The number of benzene rings is 1. The van der Waals surface area contributed by atoms with E-state index in [1.807, 2.05) is 29.2 Å². The molecule has 2 aliphatic heterocycles. The van der Waals surface area contributed by atoms with E-state index in [0.29, 0.717) is 31.6 Å². The van der Waals surface area contributed by atoms with Crippen molar-refractivity contribution in [3.63, 3.8) is 0 Å². The van der Waals surface area contributed by atoms with Gasteiger partial charge in [0.05, 0.1) is 0 Å². The third kappa shape index (κ3) is 4.62. The lowest BCUT2D eigenvalue weighted by molar-refractivity contribution is 0.0623. The highest BCUT2D eigenvalue weighted by atomic mass is 16.7. The monoisotopic (exact) mass is 396 g/mol. The summed E-state index contributed by atoms with van der Waals surface area (Å²) in [4.78, 5) is 21.4. The second kappa shape index (κ2) is 8.69. The van der Waals surface area contributed by atoms with E-state index in [4.69, 9.17) is 9.47 Å². The number of hydrogen-bond donors (Lipinski definition) is 1. The Balaban J connectivity index is 1.32. The molecule has 0 saturated carbocycles. The van der Waals surface area contributed by atoms with Gasteiger partial charge in [-0.25, -0.2) is 0 Å². The number of nitrogens with one attached hydrogen (secondary N) is 1. The fourth-order valence-electron chi connectivity index (χ4n) is 3.59. The molecule has 1 aromatic heterocycles. The Bertz CT molecular complexity index is 865. The summed E-state index contributed by atoms with van der Waals surface area (Å²) in [6.45, 7) is 8.47. The average molecular weight is 396 g/mol. The van der Waals surface area contributed by atoms with Crippen LogP contribution in [0.2, 0.25) is 0 Å². The number of anilines is 1. The Hall–Kier alpha value is -2.80. The van der Waals surface area contributed by atoms with Crippen LogP contribution in [0.3, 0.4) is 0 Å². The van der Waals surface area contributed by atoms with Gasteiger partial charge in [-0.3, -0.25) is 14.7 Å². The number of carbonyl (C=O) groups excluding carboxylic acids is 1. The molecule has 0 radical (unpaired) electrons. The SMILES string of the molecule is CCC(C)Nc1ccnc(C(=O)N2CCN(Cc3ccc4c(c3)OCO4)CC2)c1. The molecule has 0 spiro atoms. The molecule has 0 aliphatic carbocycles. The number of carbonyl (C=O) groups is 1. The van der Waals surface area contributed by atoms with Crippen LogP contribution < -0.4 is 14.8 Å². The molecular formula is C22H28N4O3. The summed E-state index contributed by atoms with van der Waals surface area (Å²) in [5.74, 6) is 1.62. The summed E-state index contributed by atoms with van der Waals surface area (Å²) in [5, 5.41) is 3.40. The van der Waals surface area contributed by atoms with Crippen LogP contribution in [0.15, 0.2) is 36.5 Å². The van der Waals surface area contributed by atoms with Gasteiger partial charge < -0.3 is 19.7 Å². The van der Waals surface area contributed by atoms with Gasteiger partial charge in [-0.05, 0) is 43.2 Å². The lowest BCUT2D eigenvalue weighted by Gasteiger charge is -2.34. The van der Waals surface area contributed by atoms with Crippen LogP contribution in [0, 0.1) is 0 Å². The smallest absolute Gasteiger partial charge is 0.272 e. The fraction of sp³-hybridized carbons (Fsp3) is 0.455. The van der Waals surface area contributed by atoms with Crippen molar-refractivity contribution in [1.29, 1.82) is 0 Å². The van der Waals surface area contributed by atoms with Crippen LogP contribution >= 0.6 is 0 Å². The van der Waals surface area contributed by atoms with Crippen LogP contribution in [0.4, 0.5) is 5.69 Å². The minimum absolute atomic E-state index is 0.000492. The number of pyridine rings is 1. The van der Waals surface area contributed by atoms with Crippen LogP contribution in [0.25, 0.3) is 0 Å². The number of rotatable bonds is 6.